The summed E-state index contributed by atoms with van der Waals surface area (Å²) in [5.74, 6) is -0.000319. The van der Waals surface area contributed by atoms with Crippen molar-refractivity contribution in [1.29, 1.82) is 0 Å². The van der Waals surface area contributed by atoms with Gasteiger partial charge in [-0.2, -0.15) is 0 Å². The minimum absolute atomic E-state index is 0.164. The van der Waals surface area contributed by atoms with Crippen molar-refractivity contribution >= 4 is 27.7 Å². The lowest BCUT2D eigenvalue weighted by Gasteiger charge is -2.15. The number of carbonyl (C=O) groups excluding carboxylic acids is 2. The predicted octanol–water partition coefficient (Wildman–Crippen LogP) is 4.23. The highest BCUT2D eigenvalue weighted by atomic mass is 79.9. The van der Waals surface area contributed by atoms with Crippen molar-refractivity contribution in [3.63, 3.8) is 0 Å². The van der Waals surface area contributed by atoms with E-state index in [9.17, 15) is 9.59 Å². The predicted molar refractivity (Wildman–Crippen MR) is 83.6 cm³/mol. The molecule has 0 radical (unpaired) electrons. The van der Waals surface area contributed by atoms with Crippen LogP contribution in [0.2, 0.25) is 0 Å². The zero-order valence-electron chi connectivity index (χ0n) is 11.8. The third-order valence-corrected chi connectivity index (χ3v) is 3.33. The second-order valence-electron chi connectivity index (χ2n) is 4.95. The van der Waals surface area contributed by atoms with Gasteiger partial charge in [0.15, 0.2) is 5.78 Å². The third-order valence-electron chi connectivity index (χ3n) is 3.03. The Bertz CT molecular complexity index is 421. The van der Waals surface area contributed by atoms with Gasteiger partial charge in [0, 0.05) is 19.3 Å². The number of cyclic esters (lactones) is 1. The number of hydrogen-bond acceptors (Lipinski definition) is 3. The average Bonchev–Trinajstić information content (AvgIpc) is 2.37. The normalized spacial score (nSPS) is 25.9. The number of allylic oxidation sites excluding steroid dienone is 3. The molecule has 0 fully saturated rings. The Morgan fingerprint density at radius 1 is 1.20 bits per heavy atom. The minimum atomic E-state index is -0.310. The molecular formula is C16H21BrO3. The molecule has 110 valence electrons. The minimum Gasteiger partial charge on any atom is -0.458 e. The standard InChI is InChI=1S/C16H21BrO3/c1-13-11-14(18)7-3-2-4-9-16(19)20-15(12-13)8-5-6-10-17/h5-6,8,10-11,15H,2-4,7,9,12H2,1H3/b8-5+,10-6+,13-11+/t15-/m0/s1. The molecule has 0 aromatic rings. The van der Waals surface area contributed by atoms with Gasteiger partial charge in [0.1, 0.15) is 6.10 Å². The average molecular weight is 341 g/mol. The number of carbonyl (C=O) groups is 2. The highest BCUT2D eigenvalue weighted by Crippen LogP contribution is 2.15. The molecule has 1 heterocycles. The molecule has 1 aliphatic rings. The number of hydrogen-bond donors (Lipinski definition) is 0. The number of halogens is 1. The van der Waals surface area contributed by atoms with E-state index in [-0.39, 0.29) is 17.9 Å². The maximum Gasteiger partial charge on any atom is 0.306 e. The smallest absolute Gasteiger partial charge is 0.306 e. The molecule has 0 saturated carbocycles. The Labute approximate surface area is 128 Å². The molecule has 0 aliphatic carbocycles. The van der Waals surface area contributed by atoms with E-state index in [0.29, 0.717) is 19.3 Å². The van der Waals surface area contributed by atoms with Crippen LogP contribution < -0.4 is 0 Å². The van der Waals surface area contributed by atoms with Crippen LogP contribution in [-0.4, -0.2) is 17.9 Å². The van der Waals surface area contributed by atoms with Gasteiger partial charge < -0.3 is 4.74 Å². The molecule has 0 aromatic heterocycles. The lowest BCUT2D eigenvalue weighted by molar-refractivity contribution is -0.146. The van der Waals surface area contributed by atoms with Crippen molar-refractivity contribution in [3.05, 3.63) is 34.9 Å². The van der Waals surface area contributed by atoms with Gasteiger partial charge in [0.25, 0.3) is 0 Å². The van der Waals surface area contributed by atoms with Gasteiger partial charge in [-0.25, -0.2) is 0 Å². The summed E-state index contributed by atoms with van der Waals surface area (Å²) in [5, 5.41) is 0. The van der Waals surface area contributed by atoms with E-state index in [1.54, 1.807) is 11.1 Å². The fourth-order valence-corrected chi connectivity index (χ4v) is 2.25. The van der Waals surface area contributed by atoms with Crippen molar-refractivity contribution in [3.8, 4) is 0 Å². The molecule has 20 heavy (non-hydrogen) atoms. The highest BCUT2D eigenvalue weighted by Gasteiger charge is 2.13. The molecule has 1 atom stereocenters. The summed E-state index contributed by atoms with van der Waals surface area (Å²) in [5.41, 5.74) is 0.945. The maximum absolute atomic E-state index is 11.7. The summed E-state index contributed by atoms with van der Waals surface area (Å²) in [6.45, 7) is 1.90. The first-order valence-electron chi connectivity index (χ1n) is 6.95. The Kier molecular flexibility index (Phi) is 8.19. The highest BCUT2D eigenvalue weighted by molar-refractivity contribution is 9.11. The lowest BCUT2D eigenvalue weighted by atomic mass is 10.0. The van der Waals surface area contributed by atoms with E-state index >= 15 is 0 Å². The Morgan fingerprint density at radius 3 is 2.70 bits per heavy atom. The number of ketones is 1. The molecule has 1 rings (SSSR count). The van der Waals surface area contributed by atoms with E-state index in [2.05, 4.69) is 15.9 Å². The van der Waals surface area contributed by atoms with Gasteiger partial charge in [0.05, 0.1) is 0 Å². The van der Waals surface area contributed by atoms with Crippen LogP contribution in [0.4, 0.5) is 0 Å². The lowest BCUT2D eigenvalue weighted by Crippen LogP contribution is -2.17. The molecule has 4 heteroatoms. The van der Waals surface area contributed by atoms with E-state index in [1.165, 1.54) is 0 Å². The number of esters is 1. The van der Waals surface area contributed by atoms with Crippen molar-refractivity contribution in [2.45, 2.75) is 51.6 Å². The van der Waals surface area contributed by atoms with Crippen LogP contribution in [0.5, 0.6) is 0 Å². The van der Waals surface area contributed by atoms with Crippen LogP contribution in [0.15, 0.2) is 34.9 Å². The van der Waals surface area contributed by atoms with Gasteiger partial charge in [-0.15, -0.1) is 0 Å². The molecule has 0 aromatic carbocycles. The largest absolute Gasteiger partial charge is 0.458 e. The van der Waals surface area contributed by atoms with Crippen LogP contribution in [0.1, 0.15) is 45.4 Å². The van der Waals surface area contributed by atoms with Gasteiger partial charge in [-0.05, 0) is 36.9 Å². The van der Waals surface area contributed by atoms with Gasteiger partial charge in [-0.1, -0.05) is 40.1 Å². The molecule has 1 aliphatic heterocycles. The summed E-state index contributed by atoms with van der Waals surface area (Å²) in [4.78, 5) is 25.2. The van der Waals surface area contributed by atoms with Gasteiger partial charge >= 0.3 is 5.97 Å². The first-order chi connectivity index (χ1) is 9.61. The Balaban J connectivity index is 2.78. The van der Waals surface area contributed by atoms with Gasteiger partial charge in [-0.3, -0.25) is 9.59 Å². The van der Waals surface area contributed by atoms with Crippen molar-refractivity contribution in [2.75, 3.05) is 0 Å². The molecule has 0 spiro atoms. The maximum atomic E-state index is 11.7. The fraction of sp³-hybridized carbons (Fsp3) is 0.500. The van der Waals surface area contributed by atoms with Crippen molar-refractivity contribution in [2.24, 2.45) is 0 Å². The van der Waals surface area contributed by atoms with Crippen LogP contribution >= 0.6 is 15.9 Å². The molecule has 3 nitrogen and oxygen atoms in total. The van der Waals surface area contributed by atoms with Crippen LogP contribution in [0.3, 0.4) is 0 Å². The monoisotopic (exact) mass is 340 g/mol. The Hall–Kier alpha value is -1.16. The SMILES string of the molecule is C/C1=C\C(=O)CCCCCC(=O)O[C@@H](/C=C/C=C/Br)C1. The zero-order valence-corrected chi connectivity index (χ0v) is 13.4. The van der Waals surface area contributed by atoms with Crippen LogP contribution in [-0.2, 0) is 14.3 Å². The molecule has 0 bridgehead atoms. The number of rotatable bonds is 2. The fourth-order valence-electron chi connectivity index (χ4n) is 2.08. The Morgan fingerprint density at radius 2 is 1.95 bits per heavy atom. The third kappa shape index (κ3) is 7.43. The summed E-state index contributed by atoms with van der Waals surface area (Å²) in [6.07, 6.45) is 10.9. The molecular weight excluding hydrogens is 320 g/mol. The summed E-state index contributed by atoms with van der Waals surface area (Å²) >= 11 is 3.18. The van der Waals surface area contributed by atoms with E-state index < -0.39 is 0 Å². The first-order valence-corrected chi connectivity index (χ1v) is 7.86. The van der Waals surface area contributed by atoms with Gasteiger partial charge in [0.2, 0.25) is 0 Å². The van der Waals surface area contributed by atoms with Crippen molar-refractivity contribution < 1.29 is 14.3 Å². The molecule has 0 N–H and O–H groups in total. The summed E-state index contributed by atoms with van der Waals surface area (Å²) in [6, 6.07) is 0. The summed E-state index contributed by atoms with van der Waals surface area (Å²) < 4.78 is 5.45. The first kappa shape index (κ1) is 16.9. The quantitative estimate of drug-likeness (QED) is 0.558. The zero-order chi connectivity index (χ0) is 14.8. The van der Waals surface area contributed by atoms with E-state index in [0.717, 1.165) is 24.8 Å². The van der Waals surface area contributed by atoms with Crippen LogP contribution in [0.25, 0.3) is 0 Å². The molecule has 0 amide bonds. The molecule has 0 unspecified atom stereocenters. The second-order valence-corrected chi connectivity index (χ2v) is 5.48. The summed E-state index contributed by atoms with van der Waals surface area (Å²) in [7, 11) is 0. The van der Waals surface area contributed by atoms with E-state index in [4.69, 9.17) is 4.74 Å². The van der Waals surface area contributed by atoms with Crippen LogP contribution in [0, 0.1) is 0 Å². The van der Waals surface area contributed by atoms with Crippen molar-refractivity contribution in [1.82, 2.24) is 0 Å². The number of ether oxygens (including phenoxy) is 1. The van der Waals surface area contributed by atoms with E-state index in [1.807, 2.05) is 25.2 Å². The second kappa shape index (κ2) is 9.70. The topological polar surface area (TPSA) is 43.4 Å². The molecule has 0 saturated heterocycles.